The topological polar surface area (TPSA) is 17.1 Å². The summed E-state index contributed by atoms with van der Waals surface area (Å²) in [6.07, 6.45) is -3.60. The molecule has 6 aromatic rings. The van der Waals surface area contributed by atoms with Crippen molar-refractivity contribution in [2.24, 2.45) is 0 Å². The molecule has 0 saturated heterocycles. The standard InChI is InChI=1S/C24BF20.C13H15OS/c26-5-1(6(27)14(35)21(42)13(5)34)25(2-7(28)15(36)22(43)16(37)8(2)29,3-9(30)17(38)23(44)18(39)10(3)31)4-11(32)19(40)24(45)20(41)12(4)33;1-15(2,14)10-11-7-8-12-5-3-4-6-13(12)9-11/h;3-9H,10H2,1-2H3/q-1;+1. The second-order valence-corrected chi connectivity index (χ2v) is 16.2. The Bertz CT molecular complexity index is 2420. The Kier molecular flexibility index (Phi) is 12.2. The molecule has 0 saturated carbocycles. The lowest BCUT2D eigenvalue weighted by Gasteiger charge is -2.44. The summed E-state index contributed by atoms with van der Waals surface area (Å²) in [5.41, 5.74) is -13.2. The van der Waals surface area contributed by atoms with Crippen LogP contribution >= 0.6 is 0 Å². The molecule has 0 unspecified atom stereocenters. The molecule has 0 fully saturated rings. The van der Waals surface area contributed by atoms with E-state index in [1.807, 2.05) is 24.6 Å². The van der Waals surface area contributed by atoms with Crippen molar-refractivity contribution in [3.05, 3.63) is 164 Å². The molecule has 0 atom stereocenters. The molecule has 0 bridgehead atoms. The number of hydrogen-bond donors (Lipinski definition) is 0. The van der Waals surface area contributed by atoms with Crippen LogP contribution in [0.5, 0.6) is 0 Å². The van der Waals surface area contributed by atoms with Crippen LogP contribution in [0.15, 0.2) is 42.5 Å². The fraction of sp³-hybridized carbons (Fsp3) is 0.0811. The van der Waals surface area contributed by atoms with Gasteiger partial charge in [0.1, 0.15) is 70.9 Å². The van der Waals surface area contributed by atoms with Crippen LogP contribution in [-0.4, -0.2) is 18.7 Å². The van der Waals surface area contributed by atoms with Gasteiger partial charge in [0.15, 0.2) is 69.8 Å². The summed E-state index contributed by atoms with van der Waals surface area (Å²) < 4.78 is 306. The fourth-order valence-electron chi connectivity index (χ4n) is 6.60. The van der Waals surface area contributed by atoms with Gasteiger partial charge in [-0.3, -0.25) is 0 Å². The predicted molar refractivity (Wildman–Crippen MR) is 177 cm³/mol. The zero-order valence-electron chi connectivity index (χ0n) is 29.2. The first kappa shape index (κ1) is 45.5. The van der Waals surface area contributed by atoms with E-state index < -0.39 is 154 Å². The van der Waals surface area contributed by atoms with Gasteiger partial charge in [-0.2, -0.15) is 0 Å². The van der Waals surface area contributed by atoms with Crippen molar-refractivity contribution >= 4 is 48.7 Å². The molecule has 0 aliphatic carbocycles. The number of fused-ring (bicyclic) bond motifs is 1. The zero-order chi connectivity index (χ0) is 45.2. The first-order valence-corrected chi connectivity index (χ1v) is 18.4. The minimum Gasteiger partial charge on any atom is -0.207 e. The van der Waals surface area contributed by atoms with Gasteiger partial charge in [0.2, 0.25) is 0 Å². The van der Waals surface area contributed by atoms with E-state index in [1.165, 1.54) is 10.8 Å². The maximum Gasteiger partial charge on any atom is 0.200 e. The van der Waals surface area contributed by atoms with Gasteiger partial charge in [-0.1, -0.05) is 36.4 Å². The molecule has 60 heavy (non-hydrogen) atoms. The molecule has 0 radical (unpaired) electrons. The summed E-state index contributed by atoms with van der Waals surface area (Å²) in [6, 6.07) is 14.5. The molecule has 318 valence electrons. The summed E-state index contributed by atoms with van der Waals surface area (Å²) in [5, 5.41) is 2.46. The van der Waals surface area contributed by atoms with Gasteiger partial charge < -0.3 is 0 Å². The van der Waals surface area contributed by atoms with Crippen molar-refractivity contribution < 1.29 is 92.0 Å². The molecule has 0 spiro atoms. The summed E-state index contributed by atoms with van der Waals surface area (Å²) >= 11 is 0. The molecule has 6 aromatic carbocycles. The molecule has 0 aliphatic heterocycles. The average molecular weight is 898 g/mol. The maximum absolute atomic E-state index is 15.4. The van der Waals surface area contributed by atoms with Gasteiger partial charge >= 0.3 is 0 Å². The Labute approximate surface area is 323 Å². The molecule has 0 aromatic heterocycles. The quantitative estimate of drug-likeness (QED) is 0.0537. The van der Waals surface area contributed by atoms with Crippen LogP contribution in [-0.2, 0) is 19.9 Å². The van der Waals surface area contributed by atoms with Gasteiger partial charge in [-0.25, -0.2) is 87.8 Å². The van der Waals surface area contributed by atoms with Gasteiger partial charge in [-0.05, 0) is 16.8 Å². The summed E-state index contributed by atoms with van der Waals surface area (Å²) in [4.78, 5) is 0. The Morgan fingerprint density at radius 2 is 0.583 bits per heavy atom. The van der Waals surface area contributed by atoms with Crippen LogP contribution in [0.4, 0.5) is 87.8 Å². The fourth-order valence-corrected chi connectivity index (χ4v) is 7.59. The summed E-state index contributed by atoms with van der Waals surface area (Å²) in [6.45, 7) is 0. The number of halogens is 20. The number of hydrogen-bond acceptors (Lipinski definition) is 1. The lowest BCUT2D eigenvalue weighted by molar-refractivity contribution is 0.378. The van der Waals surface area contributed by atoms with Crippen molar-refractivity contribution in [2.75, 3.05) is 12.5 Å². The van der Waals surface area contributed by atoms with E-state index in [4.69, 9.17) is 0 Å². The molecule has 0 N–H and O–H groups in total. The Morgan fingerprint density at radius 1 is 0.350 bits per heavy atom. The third-order valence-corrected chi connectivity index (χ3v) is 10.1. The minimum absolute atomic E-state index is 0.665. The largest absolute Gasteiger partial charge is 0.207 e. The number of rotatable bonds is 6. The Balaban J connectivity index is 0.000000379. The van der Waals surface area contributed by atoms with E-state index in [0.29, 0.717) is 5.75 Å². The molecular formula is C37H15BF20OS. The zero-order valence-corrected chi connectivity index (χ0v) is 30.0. The van der Waals surface area contributed by atoms with Crippen molar-refractivity contribution in [3.63, 3.8) is 0 Å². The van der Waals surface area contributed by atoms with E-state index in [2.05, 4.69) is 30.3 Å². The third-order valence-electron chi connectivity index (χ3n) is 9.04. The highest BCUT2D eigenvalue weighted by molar-refractivity contribution is 8.00. The van der Waals surface area contributed by atoms with Crippen LogP contribution in [0, 0.1) is 116 Å². The SMILES string of the molecule is C[S+](C)(=O)Cc1ccc2ccccc2c1.Fc1c(F)c(F)c([B-](c2c(F)c(F)c(F)c(F)c2F)(c2c(F)c(F)c(F)c(F)c2F)c2c(F)c(F)c(F)c(F)c2F)c(F)c1F. The highest BCUT2D eigenvalue weighted by Gasteiger charge is 2.52. The molecule has 1 nitrogen and oxygen atoms in total. The van der Waals surface area contributed by atoms with E-state index in [0.717, 1.165) is 5.56 Å². The van der Waals surface area contributed by atoms with Gasteiger partial charge in [0.05, 0.1) is 9.93 Å². The number of benzene rings is 6. The first-order valence-electron chi connectivity index (χ1n) is 15.9. The average Bonchev–Trinajstić information content (AvgIpc) is 3.20. The highest BCUT2D eigenvalue weighted by Crippen LogP contribution is 2.31. The molecule has 6 rings (SSSR count). The first-order chi connectivity index (χ1) is 27.7. The van der Waals surface area contributed by atoms with E-state index >= 15 is 35.1 Å². The van der Waals surface area contributed by atoms with Crippen molar-refractivity contribution in [3.8, 4) is 0 Å². The van der Waals surface area contributed by atoms with Crippen molar-refractivity contribution in [1.82, 2.24) is 0 Å². The normalized spacial score (nSPS) is 12.0. The molecule has 0 aliphatic rings. The van der Waals surface area contributed by atoms with Crippen LogP contribution in [0.2, 0.25) is 0 Å². The van der Waals surface area contributed by atoms with Gasteiger partial charge in [-0.15, -0.1) is 26.1 Å². The molecule has 23 heteroatoms. The van der Waals surface area contributed by atoms with Crippen LogP contribution in [0.25, 0.3) is 10.8 Å². The third kappa shape index (κ3) is 7.12. The van der Waals surface area contributed by atoms with E-state index in [1.54, 1.807) is 0 Å². The van der Waals surface area contributed by atoms with Crippen LogP contribution < -0.4 is 21.9 Å². The lowest BCUT2D eigenvalue weighted by Crippen LogP contribution is -2.81. The lowest BCUT2D eigenvalue weighted by atomic mass is 9.12. The molecular weight excluding hydrogens is 883 g/mol. The van der Waals surface area contributed by atoms with Gasteiger partial charge in [0, 0.05) is 5.56 Å². The summed E-state index contributed by atoms with van der Waals surface area (Å²) in [7, 11) is -1.70. The van der Waals surface area contributed by atoms with E-state index in [9.17, 15) is 56.9 Å². The second-order valence-electron chi connectivity index (χ2n) is 13.1. The van der Waals surface area contributed by atoms with Gasteiger partial charge in [0.25, 0.3) is 0 Å². The maximum atomic E-state index is 15.4. The summed E-state index contributed by atoms with van der Waals surface area (Å²) in [5.74, 6) is -70.7. The Hall–Kier alpha value is -5.61. The van der Waals surface area contributed by atoms with Crippen molar-refractivity contribution in [2.45, 2.75) is 5.75 Å². The molecule has 0 heterocycles. The van der Waals surface area contributed by atoms with Crippen molar-refractivity contribution in [1.29, 1.82) is 0 Å². The van der Waals surface area contributed by atoms with E-state index in [-0.39, 0.29) is 0 Å². The van der Waals surface area contributed by atoms with Crippen LogP contribution in [0.3, 0.4) is 0 Å². The monoisotopic (exact) mass is 898 g/mol. The smallest absolute Gasteiger partial charge is 0.200 e. The second kappa shape index (κ2) is 16.1. The van der Waals surface area contributed by atoms with Crippen LogP contribution in [0.1, 0.15) is 5.56 Å². The predicted octanol–water partition coefficient (Wildman–Crippen LogP) is 8.94. The highest BCUT2D eigenvalue weighted by atomic mass is 32.2. The minimum atomic E-state index is -7.22. The molecule has 0 amide bonds. The Morgan fingerprint density at radius 3 is 0.833 bits per heavy atom.